The summed E-state index contributed by atoms with van der Waals surface area (Å²) in [6.07, 6.45) is 4.45. The highest BCUT2D eigenvalue weighted by Crippen LogP contribution is 2.14. The number of imidazole rings is 1. The van der Waals surface area contributed by atoms with Gasteiger partial charge in [0.25, 0.3) is 5.91 Å². The molecule has 0 saturated carbocycles. The standard InChI is InChI=1S/C17H18N6O2/c1-12-5-7-13(8-6-12)23-17(25)22-11-18-14(15(22)19-20-23)16(24)21-9-3-2-4-10-21/h5-8,11H,2-4,9-10H2,1H3. The van der Waals surface area contributed by atoms with Crippen LogP contribution < -0.4 is 5.69 Å². The topological polar surface area (TPSA) is 85.4 Å². The van der Waals surface area contributed by atoms with Crippen molar-refractivity contribution in [2.45, 2.75) is 26.2 Å². The molecule has 0 spiro atoms. The van der Waals surface area contributed by atoms with E-state index in [1.165, 1.54) is 15.4 Å². The maximum absolute atomic E-state index is 12.7. The number of carbonyl (C=O) groups excluding carboxylic acids is 1. The summed E-state index contributed by atoms with van der Waals surface area (Å²) in [6.45, 7) is 3.40. The van der Waals surface area contributed by atoms with Crippen molar-refractivity contribution in [1.29, 1.82) is 0 Å². The lowest BCUT2D eigenvalue weighted by Gasteiger charge is -2.25. The molecule has 3 heterocycles. The molecule has 128 valence electrons. The quantitative estimate of drug-likeness (QED) is 0.701. The highest BCUT2D eigenvalue weighted by Gasteiger charge is 2.24. The number of likely N-dealkylation sites (tertiary alicyclic amines) is 1. The van der Waals surface area contributed by atoms with E-state index < -0.39 is 5.69 Å². The summed E-state index contributed by atoms with van der Waals surface area (Å²) in [7, 11) is 0. The van der Waals surface area contributed by atoms with Gasteiger partial charge in [0.1, 0.15) is 6.33 Å². The predicted molar refractivity (Wildman–Crippen MR) is 90.9 cm³/mol. The van der Waals surface area contributed by atoms with Gasteiger partial charge in [-0.15, -0.1) is 5.10 Å². The van der Waals surface area contributed by atoms with Gasteiger partial charge in [0, 0.05) is 13.1 Å². The third-order valence-corrected chi connectivity index (χ3v) is 4.48. The molecule has 1 aromatic carbocycles. The lowest BCUT2D eigenvalue weighted by Crippen LogP contribution is -2.36. The SMILES string of the molecule is Cc1ccc(-n2nnc3c(C(=O)N4CCCCC4)ncn3c2=O)cc1. The summed E-state index contributed by atoms with van der Waals surface area (Å²) in [5, 5.41) is 8.07. The Morgan fingerprint density at radius 2 is 1.80 bits per heavy atom. The highest BCUT2D eigenvalue weighted by atomic mass is 16.2. The van der Waals surface area contributed by atoms with Crippen molar-refractivity contribution in [3.8, 4) is 5.69 Å². The molecule has 1 amide bonds. The van der Waals surface area contributed by atoms with Crippen LogP contribution in [0.25, 0.3) is 11.3 Å². The highest BCUT2D eigenvalue weighted by molar-refractivity contribution is 5.97. The van der Waals surface area contributed by atoms with Gasteiger partial charge in [0.05, 0.1) is 5.69 Å². The Hall–Kier alpha value is -3.03. The monoisotopic (exact) mass is 338 g/mol. The minimum atomic E-state index is -0.404. The molecular formula is C17H18N6O2. The minimum Gasteiger partial charge on any atom is -0.337 e. The summed E-state index contributed by atoms with van der Waals surface area (Å²) >= 11 is 0. The van der Waals surface area contributed by atoms with E-state index in [9.17, 15) is 9.59 Å². The number of nitrogens with zero attached hydrogens (tertiary/aromatic N) is 6. The molecular weight excluding hydrogens is 320 g/mol. The Bertz CT molecular complexity index is 983. The fourth-order valence-corrected chi connectivity index (χ4v) is 3.05. The molecule has 1 aliphatic heterocycles. The van der Waals surface area contributed by atoms with Crippen LogP contribution in [0.5, 0.6) is 0 Å². The first kappa shape index (κ1) is 15.5. The van der Waals surface area contributed by atoms with E-state index in [-0.39, 0.29) is 17.2 Å². The van der Waals surface area contributed by atoms with Gasteiger partial charge in [-0.1, -0.05) is 22.9 Å². The van der Waals surface area contributed by atoms with Crippen LogP contribution in [0.15, 0.2) is 35.4 Å². The summed E-state index contributed by atoms with van der Waals surface area (Å²) in [5.74, 6) is -0.191. The summed E-state index contributed by atoms with van der Waals surface area (Å²) in [5.41, 5.74) is 1.68. The first-order chi connectivity index (χ1) is 12.1. The van der Waals surface area contributed by atoms with E-state index in [0.717, 1.165) is 24.8 Å². The van der Waals surface area contributed by atoms with Crippen LogP contribution in [0.1, 0.15) is 35.3 Å². The maximum Gasteiger partial charge on any atom is 0.357 e. The summed E-state index contributed by atoms with van der Waals surface area (Å²) in [4.78, 5) is 31.2. The fourth-order valence-electron chi connectivity index (χ4n) is 3.05. The third-order valence-electron chi connectivity index (χ3n) is 4.48. The first-order valence-corrected chi connectivity index (χ1v) is 8.34. The summed E-state index contributed by atoms with van der Waals surface area (Å²) < 4.78 is 2.47. The molecule has 8 nitrogen and oxygen atoms in total. The number of hydrogen-bond donors (Lipinski definition) is 0. The zero-order chi connectivity index (χ0) is 17.4. The number of aryl methyl sites for hydroxylation is 1. The van der Waals surface area contributed by atoms with Crippen LogP contribution in [0, 0.1) is 6.92 Å². The second kappa shape index (κ2) is 6.12. The van der Waals surface area contributed by atoms with E-state index in [4.69, 9.17) is 0 Å². The van der Waals surface area contributed by atoms with Crippen molar-refractivity contribution in [3.63, 3.8) is 0 Å². The minimum absolute atomic E-state index is 0.183. The van der Waals surface area contributed by atoms with Gasteiger partial charge in [-0.2, -0.15) is 4.68 Å². The van der Waals surface area contributed by atoms with E-state index in [0.29, 0.717) is 18.8 Å². The maximum atomic E-state index is 12.7. The molecule has 3 aromatic rings. The number of piperidine rings is 1. The molecule has 1 saturated heterocycles. The van der Waals surface area contributed by atoms with E-state index in [1.807, 2.05) is 19.1 Å². The van der Waals surface area contributed by atoms with Crippen LogP contribution in [-0.4, -0.2) is 48.3 Å². The zero-order valence-electron chi connectivity index (χ0n) is 13.9. The van der Waals surface area contributed by atoms with Crippen LogP contribution in [-0.2, 0) is 0 Å². The molecule has 0 bridgehead atoms. The van der Waals surface area contributed by atoms with Gasteiger partial charge in [-0.3, -0.25) is 4.79 Å². The van der Waals surface area contributed by atoms with Gasteiger partial charge in [-0.25, -0.2) is 14.2 Å². The fraction of sp³-hybridized carbons (Fsp3) is 0.353. The molecule has 2 aromatic heterocycles. The molecule has 8 heteroatoms. The summed E-state index contributed by atoms with van der Waals surface area (Å²) in [6, 6.07) is 7.39. The van der Waals surface area contributed by atoms with E-state index in [1.54, 1.807) is 17.0 Å². The van der Waals surface area contributed by atoms with Gasteiger partial charge in [-0.05, 0) is 38.3 Å². The lowest BCUT2D eigenvalue weighted by molar-refractivity contribution is 0.0720. The predicted octanol–water partition coefficient (Wildman–Crippen LogP) is 1.21. The lowest BCUT2D eigenvalue weighted by atomic mass is 10.1. The molecule has 0 atom stereocenters. The van der Waals surface area contributed by atoms with Crippen molar-refractivity contribution in [2.75, 3.05) is 13.1 Å². The molecule has 1 fully saturated rings. The molecule has 4 rings (SSSR count). The van der Waals surface area contributed by atoms with Crippen molar-refractivity contribution in [2.24, 2.45) is 0 Å². The van der Waals surface area contributed by atoms with Crippen LogP contribution in [0.3, 0.4) is 0 Å². The number of amides is 1. The Labute approximate surface area is 143 Å². The molecule has 0 unspecified atom stereocenters. The normalized spacial score (nSPS) is 14.8. The number of aromatic nitrogens is 5. The molecule has 0 radical (unpaired) electrons. The van der Waals surface area contributed by atoms with Crippen molar-refractivity contribution < 1.29 is 4.79 Å². The van der Waals surface area contributed by atoms with Crippen molar-refractivity contribution >= 4 is 11.6 Å². The second-order valence-corrected chi connectivity index (χ2v) is 6.26. The number of carbonyl (C=O) groups is 1. The zero-order valence-corrected chi connectivity index (χ0v) is 13.9. The molecule has 0 N–H and O–H groups in total. The van der Waals surface area contributed by atoms with E-state index in [2.05, 4.69) is 15.3 Å². The van der Waals surface area contributed by atoms with Gasteiger partial charge in [0.2, 0.25) is 0 Å². The van der Waals surface area contributed by atoms with E-state index >= 15 is 0 Å². The second-order valence-electron chi connectivity index (χ2n) is 6.26. The van der Waals surface area contributed by atoms with Crippen molar-refractivity contribution in [3.05, 3.63) is 52.3 Å². The number of rotatable bonds is 2. The van der Waals surface area contributed by atoms with Crippen LogP contribution in [0.4, 0.5) is 0 Å². The van der Waals surface area contributed by atoms with Crippen LogP contribution in [0.2, 0.25) is 0 Å². The van der Waals surface area contributed by atoms with Crippen molar-refractivity contribution in [1.82, 2.24) is 29.3 Å². The molecule has 25 heavy (non-hydrogen) atoms. The smallest absolute Gasteiger partial charge is 0.337 e. The number of benzene rings is 1. The van der Waals surface area contributed by atoms with Gasteiger partial charge in [0.15, 0.2) is 11.3 Å². The Morgan fingerprint density at radius 3 is 2.52 bits per heavy atom. The van der Waals surface area contributed by atoms with Gasteiger partial charge < -0.3 is 4.90 Å². The van der Waals surface area contributed by atoms with Gasteiger partial charge >= 0.3 is 5.69 Å². The largest absolute Gasteiger partial charge is 0.357 e. The third kappa shape index (κ3) is 2.69. The number of fused-ring (bicyclic) bond motifs is 1. The Kier molecular flexibility index (Phi) is 3.79. The Balaban J connectivity index is 1.75. The van der Waals surface area contributed by atoms with Crippen LogP contribution >= 0.6 is 0 Å². The average molecular weight is 338 g/mol. The number of hydrogen-bond acceptors (Lipinski definition) is 5. The first-order valence-electron chi connectivity index (χ1n) is 8.34. The molecule has 1 aliphatic rings. The average Bonchev–Trinajstić information content (AvgIpc) is 3.08. The Morgan fingerprint density at radius 1 is 1.08 bits per heavy atom. The molecule has 0 aliphatic carbocycles.